The van der Waals surface area contributed by atoms with Gasteiger partial charge in [-0.3, -0.25) is 9.59 Å². The lowest BCUT2D eigenvalue weighted by atomic mass is 10.2. The normalized spacial score (nSPS) is 18.8. The summed E-state index contributed by atoms with van der Waals surface area (Å²) in [6.07, 6.45) is 0.359. The van der Waals surface area contributed by atoms with Crippen molar-refractivity contribution in [2.75, 3.05) is 18.6 Å². The maximum absolute atomic E-state index is 12.0. The zero-order chi connectivity index (χ0) is 14.0. The highest BCUT2D eigenvalue weighted by atomic mass is 35.5. The second kappa shape index (κ2) is 5.84. The number of ether oxygens (including phenoxy) is 1. The molecule has 6 heteroatoms. The zero-order valence-corrected chi connectivity index (χ0v) is 12.3. The summed E-state index contributed by atoms with van der Waals surface area (Å²) in [7, 11) is 1.56. The van der Waals surface area contributed by atoms with Crippen molar-refractivity contribution in [1.82, 2.24) is 0 Å². The Morgan fingerprint density at radius 2 is 2.26 bits per heavy atom. The Morgan fingerprint density at radius 1 is 1.53 bits per heavy atom. The molecule has 1 atom stereocenters. The first-order chi connectivity index (χ1) is 9.01. The molecule has 0 saturated carbocycles. The van der Waals surface area contributed by atoms with Crippen molar-refractivity contribution >= 4 is 40.1 Å². The molecule has 0 N–H and O–H groups in total. The van der Waals surface area contributed by atoms with Crippen LogP contribution in [0, 0.1) is 0 Å². The fraction of sp³-hybridized carbons (Fsp3) is 0.385. The first kappa shape index (κ1) is 14.2. The molecule has 0 spiro atoms. The minimum absolute atomic E-state index is 0.00716. The largest absolute Gasteiger partial charge is 0.497 e. The van der Waals surface area contributed by atoms with Crippen molar-refractivity contribution in [1.29, 1.82) is 0 Å². The molecule has 1 heterocycles. The molecule has 0 aliphatic carbocycles. The van der Waals surface area contributed by atoms with Crippen LogP contribution in [-0.2, 0) is 9.59 Å². The highest BCUT2D eigenvalue weighted by Crippen LogP contribution is 2.35. The van der Waals surface area contributed by atoms with E-state index in [1.807, 2.05) is 0 Å². The van der Waals surface area contributed by atoms with Gasteiger partial charge in [-0.25, -0.2) is 0 Å². The van der Waals surface area contributed by atoms with E-state index in [9.17, 15) is 9.59 Å². The molecule has 1 aliphatic heterocycles. The Labute approximate surface area is 121 Å². The van der Waals surface area contributed by atoms with Crippen molar-refractivity contribution in [3.8, 4) is 5.75 Å². The number of benzene rings is 1. The van der Waals surface area contributed by atoms with E-state index >= 15 is 0 Å². The number of thioether (sulfide) groups is 1. The fourth-order valence-corrected chi connectivity index (χ4v) is 3.19. The average Bonchev–Trinajstić information content (AvgIpc) is 2.70. The number of methoxy groups -OCH3 is 1. The van der Waals surface area contributed by atoms with Crippen molar-refractivity contribution in [2.45, 2.75) is 18.6 Å². The lowest BCUT2D eigenvalue weighted by Crippen LogP contribution is -2.25. The smallest absolute Gasteiger partial charge is 0.228 e. The summed E-state index contributed by atoms with van der Waals surface area (Å²) in [5.41, 5.74) is 0.637. The lowest BCUT2D eigenvalue weighted by molar-refractivity contribution is -0.117. The molecule has 102 valence electrons. The quantitative estimate of drug-likeness (QED) is 0.861. The second-order valence-corrected chi connectivity index (χ2v) is 6.14. The van der Waals surface area contributed by atoms with Gasteiger partial charge in [-0.1, -0.05) is 23.4 Å². The third-order valence-electron chi connectivity index (χ3n) is 2.87. The molecule has 19 heavy (non-hydrogen) atoms. The van der Waals surface area contributed by atoms with Gasteiger partial charge in [-0.15, -0.1) is 0 Å². The third-order valence-corrected chi connectivity index (χ3v) is 4.17. The number of hydrogen-bond acceptors (Lipinski definition) is 4. The van der Waals surface area contributed by atoms with E-state index in [1.165, 1.54) is 18.7 Å². The van der Waals surface area contributed by atoms with Crippen LogP contribution >= 0.6 is 23.4 Å². The summed E-state index contributed by atoms with van der Waals surface area (Å²) in [5.74, 6) is 0.628. The van der Waals surface area contributed by atoms with Crippen LogP contribution in [0.5, 0.6) is 5.75 Å². The van der Waals surface area contributed by atoms with Crippen molar-refractivity contribution in [2.24, 2.45) is 0 Å². The Morgan fingerprint density at radius 3 is 2.89 bits per heavy atom. The van der Waals surface area contributed by atoms with Gasteiger partial charge in [0.15, 0.2) is 5.12 Å². The predicted octanol–water partition coefficient (Wildman–Crippen LogP) is 2.73. The highest BCUT2D eigenvalue weighted by Gasteiger charge is 2.33. The maximum atomic E-state index is 12.0. The Kier molecular flexibility index (Phi) is 4.37. The zero-order valence-electron chi connectivity index (χ0n) is 10.7. The molecule has 1 aromatic rings. The topological polar surface area (TPSA) is 46.6 Å². The maximum Gasteiger partial charge on any atom is 0.228 e. The Balaban J connectivity index is 2.22. The summed E-state index contributed by atoms with van der Waals surface area (Å²) in [5, 5.41) is 0.520. The molecule has 0 aromatic heterocycles. The van der Waals surface area contributed by atoms with E-state index in [4.69, 9.17) is 16.3 Å². The first-order valence-electron chi connectivity index (χ1n) is 5.82. The minimum Gasteiger partial charge on any atom is -0.497 e. The van der Waals surface area contributed by atoms with Gasteiger partial charge in [-0.2, -0.15) is 0 Å². The molecular formula is C13H14ClNO3S. The van der Waals surface area contributed by atoms with Crippen LogP contribution in [-0.4, -0.2) is 29.9 Å². The molecule has 1 aromatic carbocycles. The van der Waals surface area contributed by atoms with E-state index < -0.39 is 0 Å². The molecule has 1 aliphatic rings. The molecule has 4 nitrogen and oxygen atoms in total. The van der Waals surface area contributed by atoms with Gasteiger partial charge in [0.2, 0.25) is 5.91 Å². The number of carbonyl (C=O) groups excluding carboxylic acids is 2. The number of carbonyl (C=O) groups is 2. The van der Waals surface area contributed by atoms with Gasteiger partial charge in [0.1, 0.15) is 5.75 Å². The molecular weight excluding hydrogens is 286 g/mol. The molecule has 2 rings (SSSR count). The predicted molar refractivity (Wildman–Crippen MR) is 77.0 cm³/mol. The van der Waals surface area contributed by atoms with Gasteiger partial charge in [0.05, 0.1) is 17.8 Å². The van der Waals surface area contributed by atoms with Crippen LogP contribution in [0.3, 0.4) is 0 Å². The van der Waals surface area contributed by atoms with Crippen LogP contribution in [0.15, 0.2) is 18.2 Å². The average molecular weight is 300 g/mol. The molecule has 1 unspecified atom stereocenters. The summed E-state index contributed by atoms with van der Waals surface area (Å²) >= 11 is 7.33. The van der Waals surface area contributed by atoms with Crippen molar-refractivity contribution < 1.29 is 14.3 Å². The summed E-state index contributed by atoms with van der Waals surface area (Å²) < 4.78 is 5.14. The van der Waals surface area contributed by atoms with Crippen LogP contribution < -0.4 is 9.64 Å². The van der Waals surface area contributed by atoms with Gasteiger partial charge >= 0.3 is 0 Å². The Hall–Kier alpha value is -1.20. The number of nitrogens with zero attached hydrogens (tertiary/aromatic N) is 1. The van der Waals surface area contributed by atoms with E-state index in [1.54, 1.807) is 30.2 Å². The standard InChI is InChI=1S/C13H14ClNO3S/c1-8(16)19-10-6-13(17)15(7-10)12-5-9(18-2)3-4-11(12)14/h3-5,10H,6-7H2,1-2H3. The molecule has 1 fully saturated rings. The van der Waals surface area contributed by atoms with Crippen molar-refractivity contribution in [3.05, 3.63) is 23.2 Å². The number of halogens is 1. The third kappa shape index (κ3) is 3.22. The minimum atomic E-state index is -0.0195. The van der Waals surface area contributed by atoms with E-state index in [0.29, 0.717) is 29.4 Å². The van der Waals surface area contributed by atoms with E-state index in [-0.39, 0.29) is 16.3 Å². The van der Waals surface area contributed by atoms with Crippen LogP contribution in [0.2, 0.25) is 5.02 Å². The van der Waals surface area contributed by atoms with Crippen molar-refractivity contribution in [3.63, 3.8) is 0 Å². The highest BCUT2D eigenvalue weighted by molar-refractivity contribution is 8.14. The number of anilines is 1. The van der Waals surface area contributed by atoms with Gasteiger partial charge in [0.25, 0.3) is 0 Å². The summed E-state index contributed by atoms with van der Waals surface area (Å²) in [4.78, 5) is 24.7. The Bertz CT molecular complexity index is 521. The van der Waals surface area contributed by atoms with E-state index in [2.05, 4.69) is 0 Å². The van der Waals surface area contributed by atoms with Crippen LogP contribution in [0.1, 0.15) is 13.3 Å². The molecule has 0 bridgehead atoms. The van der Waals surface area contributed by atoms with Gasteiger partial charge < -0.3 is 9.64 Å². The number of rotatable bonds is 3. The van der Waals surface area contributed by atoms with Crippen LogP contribution in [0.4, 0.5) is 5.69 Å². The van der Waals surface area contributed by atoms with Gasteiger partial charge in [-0.05, 0) is 12.1 Å². The second-order valence-electron chi connectivity index (χ2n) is 4.26. The number of hydrogen-bond donors (Lipinski definition) is 0. The van der Waals surface area contributed by atoms with E-state index in [0.717, 1.165) is 0 Å². The van der Waals surface area contributed by atoms with Crippen LogP contribution in [0.25, 0.3) is 0 Å². The summed E-state index contributed by atoms with van der Waals surface area (Å²) in [6, 6.07) is 5.18. The molecule has 1 amide bonds. The first-order valence-corrected chi connectivity index (χ1v) is 7.08. The molecule has 0 radical (unpaired) electrons. The lowest BCUT2D eigenvalue weighted by Gasteiger charge is -2.18. The SMILES string of the molecule is COc1ccc(Cl)c(N2CC(SC(C)=O)CC2=O)c1. The number of amides is 1. The summed E-state index contributed by atoms with van der Waals surface area (Å²) in [6.45, 7) is 2.01. The monoisotopic (exact) mass is 299 g/mol. The fourth-order valence-electron chi connectivity index (χ4n) is 2.05. The van der Waals surface area contributed by atoms with Gasteiger partial charge in [0, 0.05) is 31.2 Å². The molecule has 1 saturated heterocycles.